The Kier molecular flexibility index (Phi) is 7.37. The van der Waals surface area contributed by atoms with Crippen LogP contribution in [0.5, 0.6) is 17.2 Å². The third-order valence-corrected chi connectivity index (χ3v) is 5.14. The summed E-state index contributed by atoms with van der Waals surface area (Å²) in [6.45, 7) is -0.0595. The summed E-state index contributed by atoms with van der Waals surface area (Å²) in [6.07, 6.45) is 3.11. The fourth-order valence-corrected chi connectivity index (χ4v) is 3.32. The maximum absolute atomic E-state index is 13.2. The van der Waals surface area contributed by atoms with Gasteiger partial charge in [-0.05, 0) is 65.7 Å². The summed E-state index contributed by atoms with van der Waals surface area (Å²) < 4.78 is 17.0. The number of methoxy groups -OCH3 is 3. The Bertz CT molecular complexity index is 1430. The molecule has 0 aliphatic carbocycles. The Balaban J connectivity index is 1.62. The summed E-state index contributed by atoms with van der Waals surface area (Å²) in [5.41, 5.74) is 1.78. The molecule has 35 heavy (non-hydrogen) atoms. The molecule has 0 saturated heterocycles. The van der Waals surface area contributed by atoms with Crippen LogP contribution in [0.4, 0.5) is 0 Å². The second-order valence-electron chi connectivity index (χ2n) is 7.30. The lowest BCUT2D eigenvalue weighted by atomic mass is 10.2. The lowest BCUT2D eigenvalue weighted by Crippen LogP contribution is -2.22. The smallest absolute Gasteiger partial charge is 0.282 e. The van der Waals surface area contributed by atoms with E-state index in [1.165, 1.54) is 4.68 Å². The van der Waals surface area contributed by atoms with Gasteiger partial charge in [0.1, 0.15) is 5.75 Å². The van der Waals surface area contributed by atoms with Crippen molar-refractivity contribution in [3.8, 4) is 17.2 Å². The van der Waals surface area contributed by atoms with Gasteiger partial charge in [-0.25, -0.2) is 4.98 Å². The Morgan fingerprint density at radius 1 is 0.857 bits per heavy atom. The van der Waals surface area contributed by atoms with Crippen molar-refractivity contribution >= 4 is 23.3 Å². The standard InChI is InChI=1S/C26H24N4O5/c1-32-20-11-8-18(9-12-20)16-28-35-17-25-29-22-7-5-4-6-21(22)26(31)30(25)27-15-19-10-13-23(33-2)24(14-19)34-3/h4-16H,17H2,1-3H3/b27-15+,28-16+. The molecule has 0 N–H and O–H groups in total. The van der Waals surface area contributed by atoms with Gasteiger partial charge in [-0.2, -0.15) is 9.78 Å². The van der Waals surface area contributed by atoms with E-state index < -0.39 is 0 Å². The van der Waals surface area contributed by atoms with Gasteiger partial charge in [0.2, 0.25) is 0 Å². The fraction of sp³-hybridized carbons (Fsp3) is 0.154. The highest BCUT2D eigenvalue weighted by atomic mass is 16.6. The first-order chi connectivity index (χ1) is 17.1. The quantitative estimate of drug-likeness (QED) is 0.271. The molecule has 3 aromatic carbocycles. The summed E-state index contributed by atoms with van der Waals surface area (Å²) >= 11 is 0. The average molecular weight is 473 g/mol. The van der Waals surface area contributed by atoms with E-state index in [1.54, 1.807) is 70.2 Å². The van der Waals surface area contributed by atoms with Crippen LogP contribution in [0.25, 0.3) is 10.9 Å². The number of oxime groups is 1. The number of benzene rings is 3. The van der Waals surface area contributed by atoms with Crippen LogP contribution in [0.15, 0.2) is 81.8 Å². The molecule has 0 atom stereocenters. The van der Waals surface area contributed by atoms with Crippen LogP contribution in [-0.4, -0.2) is 43.4 Å². The van der Waals surface area contributed by atoms with Crippen molar-refractivity contribution in [1.82, 2.24) is 9.66 Å². The molecule has 1 heterocycles. The molecule has 9 nitrogen and oxygen atoms in total. The van der Waals surface area contributed by atoms with Crippen molar-refractivity contribution in [2.24, 2.45) is 10.3 Å². The first-order valence-electron chi connectivity index (χ1n) is 10.7. The third-order valence-electron chi connectivity index (χ3n) is 5.14. The Morgan fingerprint density at radius 3 is 2.34 bits per heavy atom. The number of para-hydroxylation sites is 1. The largest absolute Gasteiger partial charge is 0.497 e. The predicted octanol–water partition coefficient (Wildman–Crippen LogP) is 3.86. The second kappa shape index (κ2) is 11.0. The average Bonchev–Trinajstić information content (AvgIpc) is 2.91. The van der Waals surface area contributed by atoms with Gasteiger partial charge < -0.3 is 19.0 Å². The first kappa shape index (κ1) is 23.5. The van der Waals surface area contributed by atoms with Gasteiger partial charge in [0.05, 0.1) is 44.7 Å². The van der Waals surface area contributed by atoms with Crippen LogP contribution in [0.3, 0.4) is 0 Å². The molecule has 4 rings (SSSR count). The first-order valence-corrected chi connectivity index (χ1v) is 10.7. The van der Waals surface area contributed by atoms with Crippen LogP contribution in [-0.2, 0) is 11.4 Å². The van der Waals surface area contributed by atoms with Gasteiger partial charge in [0.15, 0.2) is 23.9 Å². The summed E-state index contributed by atoms with van der Waals surface area (Å²) in [5.74, 6) is 2.20. The number of aromatic nitrogens is 2. The van der Waals surface area contributed by atoms with Gasteiger partial charge in [-0.15, -0.1) is 0 Å². The minimum atomic E-state index is -0.315. The molecule has 0 amide bonds. The molecule has 0 saturated carbocycles. The summed E-state index contributed by atoms with van der Waals surface area (Å²) in [5, 5.41) is 8.83. The molecule has 4 aromatic rings. The van der Waals surface area contributed by atoms with E-state index in [-0.39, 0.29) is 12.2 Å². The lowest BCUT2D eigenvalue weighted by Gasteiger charge is -2.09. The van der Waals surface area contributed by atoms with Crippen LogP contribution in [0, 0.1) is 0 Å². The topological polar surface area (TPSA) is 96.5 Å². The minimum Gasteiger partial charge on any atom is -0.497 e. The number of hydrogen-bond donors (Lipinski definition) is 0. The predicted molar refractivity (Wildman–Crippen MR) is 134 cm³/mol. The molecule has 9 heteroatoms. The maximum atomic E-state index is 13.2. The van der Waals surface area contributed by atoms with Gasteiger partial charge >= 0.3 is 0 Å². The lowest BCUT2D eigenvalue weighted by molar-refractivity contribution is 0.123. The molecule has 178 valence electrons. The third kappa shape index (κ3) is 5.47. The fourth-order valence-electron chi connectivity index (χ4n) is 3.32. The molecule has 0 fully saturated rings. The van der Waals surface area contributed by atoms with Crippen LogP contribution < -0.4 is 19.8 Å². The molecule has 1 aromatic heterocycles. The number of fused-ring (bicyclic) bond motifs is 1. The van der Waals surface area contributed by atoms with Gasteiger partial charge in [0, 0.05) is 0 Å². The van der Waals surface area contributed by atoms with Gasteiger partial charge in [-0.1, -0.05) is 17.3 Å². The monoisotopic (exact) mass is 472 g/mol. The SMILES string of the molecule is COc1ccc(/C=N/OCc2nc3ccccc3c(=O)n2/N=C/c2ccc(OC)c(OC)c2)cc1. The van der Waals surface area contributed by atoms with Crippen molar-refractivity contribution in [3.05, 3.63) is 94.0 Å². The summed E-state index contributed by atoms with van der Waals surface area (Å²) in [7, 11) is 4.73. The minimum absolute atomic E-state index is 0.0595. The van der Waals surface area contributed by atoms with E-state index in [2.05, 4.69) is 15.2 Å². The molecule has 0 aliphatic rings. The number of rotatable bonds is 9. The van der Waals surface area contributed by atoms with Gasteiger partial charge in [-0.3, -0.25) is 4.79 Å². The highest BCUT2D eigenvalue weighted by molar-refractivity contribution is 5.81. The molecule has 0 aliphatic heterocycles. The van der Waals surface area contributed by atoms with Gasteiger partial charge in [0.25, 0.3) is 5.56 Å². The highest BCUT2D eigenvalue weighted by Gasteiger charge is 2.11. The Labute approximate surface area is 201 Å². The second-order valence-corrected chi connectivity index (χ2v) is 7.30. The Morgan fingerprint density at radius 2 is 1.60 bits per heavy atom. The van der Waals surface area contributed by atoms with Crippen LogP contribution in [0.2, 0.25) is 0 Å². The van der Waals surface area contributed by atoms with Crippen molar-refractivity contribution in [2.45, 2.75) is 6.61 Å². The van der Waals surface area contributed by atoms with Crippen LogP contribution >= 0.6 is 0 Å². The summed E-state index contributed by atoms with van der Waals surface area (Å²) in [4.78, 5) is 23.2. The van der Waals surface area contributed by atoms with E-state index in [4.69, 9.17) is 19.0 Å². The zero-order valence-electron chi connectivity index (χ0n) is 19.5. The maximum Gasteiger partial charge on any atom is 0.282 e. The molecule has 0 unspecified atom stereocenters. The molecular weight excluding hydrogens is 448 g/mol. The zero-order valence-corrected chi connectivity index (χ0v) is 19.5. The number of hydrogen-bond acceptors (Lipinski definition) is 8. The van der Waals surface area contributed by atoms with Crippen molar-refractivity contribution in [2.75, 3.05) is 21.3 Å². The van der Waals surface area contributed by atoms with Crippen molar-refractivity contribution in [1.29, 1.82) is 0 Å². The molecule has 0 spiro atoms. The van der Waals surface area contributed by atoms with Crippen LogP contribution in [0.1, 0.15) is 17.0 Å². The van der Waals surface area contributed by atoms with Crippen molar-refractivity contribution < 1.29 is 19.0 Å². The molecular formula is C26H24N4O5. The van der Waals surface area contributed by atoms with E-state index >= 15 is 0 Å². The molecule has 0 radical (unpaired) electrons. The summed E-state index contributed by atoms with van der Waals surface area (Å²) in [6, 6.07) is 19.8. The highest BCUT2D eigenvalue weighted by Crippen LogP contribution is 2.26. The Hall–Kier alpha value is -4.66. The van der Waals surface area contributed by atoms with E-state index in [0.717, 1.165) is 11.3 Å². The van der Waals surface area contributed by atoms with Crippen molar-refractivity contribution in [3.63, 3.8) is 0 Å². The van der Waals surface area contributed by atoms with E-state index in [9.17, 15) is 4.79 Å². The van der Waals surface area contributed by atoms with E-state index in [0.29, 0.717) is 33.8 Å². The molecule has 0 bridgehead atoms. The normalized spacial score (nSPS) is 11.3. The zero-order chi connectivity index (χ0) is 24.6. The number of ether oxygens (including phenoxy) is 3. The number of nitrogens with zero attached hydrogens (tertiary/aromatic N) is 4. The van der Waals surface area contributed by atoms with E-state index in [1.807, 2.05) is 30.3 Å².